The number of hydrogen-bond donors (Lipinski definition) is 3. The second-order valence-electron chi connectivity index (χ2n) is 6.44. The highest BCUT2D eigenvalue weighted by molar-refractivity contribution is 6.30. The highest BCUT2D eigenvalue weighted by atomic mass is 35.5. The fourth-order valence-corrected chi connectivity index (χ4v) is 3.25. The Bertz CT molecular complexity index is 772. The van der Waals surface area contributed by atoms with Crippen LogP contribution in [0.2, 0.25) is 5.02 Å². The lowest BCUT2D eigenvalue weighted by Gasteiger charge is -2.38. The van der Waals surface area contributed by atoms with E-state index in [1.165, 1.54) is 18.2 Å². The summed E-state index contributed by atoms with van der Waals surface area (Å²) in [5, 5.41) is 30.3. The van der Waals surface area contributed by atoms with Crippen LogP contribution in [0.5, 0.6) is 11.5 Å². The molecule has 0 saturated carbocycles. The van der Waals surface area contributed by atoms with Gasteiger partial charge in [0, 0.05) is 23.7 Å². The van der Waals surface area contributed by atoms with E-state index >= 15 is 0 Å². The summed E-state index contributed by atoms with van der Waals surface area (Å²) in [5.74, 6) is -0.684. The van der Waals surface area contributed by atoms with E-state index in [1.807, 2.05) is 17.0 Å². The maximum atomic E-state index is 12.3. The second kappa shape index (κ2) is 8.27. The topological polar surface area (TPSA) is 81.0 Å². The Hall–Kier alpha value is -1.79. The van der Waals surface area contributed by atoms with Gasteiger partial charge in [0.15, 0.2) is 17.3 Å². The molecule has 3 N–H and O–H groups in total. The molecular formula is C19H21Cl2NO4. The molecule has 5 nitrogen and oxygen atoms in total. The number of halogens is 2. The summed E-state index contributed by atoms with van der Waals surface area (Å²) in [6, 6.07) is 11.3. The van der Waals surface area contributed by atoms with Crippen molar-refractivity contribution < 1.29 is 20.1 Å². The van der Waals surface area contributed by atoms with Gasteiger partial charge in [-0.1, -0.05) is 23.7 Å². The molecule has 0 unspecified atom stereocenters. The van der Waals surface area contributed by atoms with Crippen molar-refractivity contribution in [2.45, 2.75) is 18.4 Å². The molecule has 7 heteroatoms. The third-order valence-electron chi connectivity index (χ3n) is 4.73. The Kier molecular flexibility index (Phi) is 6.53. The standard InChI is InChI=1S/C19H20ClNO4.ClH/c20-15-4-2-14(3-5-15)19(25)7-9-21(10-8-19)12-18(24)13-1-6-16(22)17(23)11-13;/h1-6,11,22-23,25H,7-10,12H2;1H. The summed E-state index contributed by atoms with van der Waals surface area (Å²) in [6.07, 6.45) is 1.06. The van der Waals surface area contributed by atoms with Gasteiger partial charge in [-0.25, -0.2) is 0 Å². The van der Waals surface area contributed by atoms with Crippen molar-refractivity contribution in [1.82, 2.24) is 4.90 Å². The minimum absolute atomic E-state index is 0. The van der Waals surface area contributed by atoms with Crippen LogP contribution in [0.15, 0.2) is 42.5 Å². The number of rotatable bonds is 4. The molecule has 1 aliphatic heterocycles. The predicted molar refractivity (Wildman–Crippen MR) is 102 cm³/mol. The minimum atomic E-state index is -0.902. The van der Waals surface area contributed by atoms with E-state index in [-0.39, 0.29) is 36.2 Å². The van der Waals surface area contributed by atoms with Crippen molar-refractivity contribution >= 4 is 29.8 Å². The number of carbonyl (C=O) groups excluding carboxylic acids is 1. The van der Waals surface area contributed by atoms with Crippen molar-refractivity contribution in [3.8, 4) is 11.5 Å². The molecule has 0 bridgehead atoms. The second-order valence-corrected chi connectivity index (χ2v) is 6.88. The van der Waals surface area contributed by atoms with Crippen LogP contribution in [0.1, 0.15) is 28.8 Å². The molecule has 1 fully saturated rings. The molecule has 140 valence electrons. The lowest BCUT2D eigenvalue weighted by molar-refractivity contribution is -0.0245. The third-order valence-corrected chi connectivity index (χ3v) is 4.98. The molecule has 2 aromatic rings. The van der Waals surface area contributed by atoms with Crippen LogP contribution in [0.25, 0.3) is 0 Å². The summed E-state index contributed by atoms with van der Waals surface area (Å²) in [4.78, 5) is 14.3. The Morgan fingerprint density at radius 1 is 1.04 bits per heavy atom. The third kappa shape index (κ3) is 4.48. The molecule has 3 rings (SSSR count). The van der Waals surface area contributed by atoms with E-state index in [2.05, 4.69) is 0 Å². The molecule has 0 spiro atoms. The van der Waals surface area contributed by atoms with Crippen LogP contribution >= 0.6 is 24.0 Å². The Morgan fingerprint density at radius 3 is 2.23 bits per heavy atom. The number of carbonyl (C=O) groups is 1. The number of nitrogens with zero attached hydrogens (tertiary/aromatic N) is 1. The normalized spacial score (nSPS) is 16.7. The van der Waals surface area contributed by atoms with Crippen molar-refractivity contribution in [2.75, 3.05) is 19.6 Å². The van der Waals surface area contributed by atoms with Crippen LogP contribution in [-0.4, -0.2) is 45.6 Å². The molecule has 0 amide bonds. The van der Waals surface area contributed by atoms with Gasteiger partial charge in [0.1, 0.15) is 0 Å². The van der Waals surface area contributed by atoms with E-state index in [4.69, 9.17) is 11.6 Å². The van der Waals surface area contributed by atoms with Crippen molar-refractivity contribution in [1.29, 1.82) is 0 Å². The number of phenolic OH excluding ortho intramolecular Hbond substituents is 2. The molecule has 1 aliphatic rings. The number of likely N-dealkylation sites (tertiary alicyclic amines) is 1. The fraction of sp³-hybridized carbons (Fsp3) is 0.316. The van der Waals surface area contributed by atoms with Crippen LogP contribution in [-0.2, 0) is 5.60 Å². The van der Waals surface area contributed by atoms with Gasteiger partial charge in [-0.05, 0) is 48.7 Å². The van der Waals surface area contributed by atoms with Crippen LogP contribution in [0.4, 0.5) is 0 Å². The zero-order valence-electron chi connectivity index (χ0n) is 14.1. The van der Waals surface area contributed by atoms with Gasteiger partial charge in [-0.15, -0.1) is 12.4 Å². The molecule has 1 heterocycles. The first-order chi connectivity index (χ1) is 11.9. The maximum absolute atomic E-state index is 12.3. The number of phenols is 2. The maximum Gasteiger partial charge on any atom is 0.176 e. The molecule has 0 aliphatic carbocycles. The van der Waals surface area contributed by atoms with Crippen molar-refractivity contribution in [2.24, 2.45) is 0 Å². The summed E-state index contributed by atoms with van der Waals surface area (Å²) in [6.45, 7) is 1.39. The number of aliphatic hydroxyl groups is 1. The van der Waals surface area contributed by atoms with Gasteiger partial charge < -0.3 is 15.3 Å². The van der Waals surface area contributed by atoms with Crippen molar-refractivity contribution in [3.63, 3.8) is 0 Å². The number of hydrogen-bond acceptors (Lipinski definition) is 5. The minimum Gasteiger partial charge on any atom is -0.504 e. The van der Waals surface area contributed by atoms with Gasteiger partial charge in [-0.3, -0.25) is 9.69 Å². The Labute approximate surface area is 163 Å². The van der Waals surface area contributed by atoms with Gasteiger partial charge >= 0.3 is 0 Å². The van der Waals surface area contributed by atoms with Crippen LogP contribution < -0.4 is 0 Å². The highest BCUT2D eigenvalue weighted by Gasteiger charge is 2.34. The summed E-state index contributed by atoms with van der Waals surface area (Å²) in [7, 11) is 0. The van der Waals surface area contributed by atoms with E-state index in [1.54, 1.807) is 12.1 Å². The zero-order valence-corrected chi connectivity index (χ0v) is 15.6. The monoisotopic (exact) mass is 397 g/mol. The lowest BCUT2D eigenvalue weighted by Crippen LogP contribution is -2.44. The first-order valence-electron chi connectivity index (χ1n) is 8.13. The number of ketones is 1. The molecule has 0 radical (unpaired) electrons. The molecular weight excluding hydrogens is 377 g/mol. The first kappa shape index (κ1) is 20.5. The summed E-state index contributed by atoms with van der Waals surface area (Å²) < 4.78 is 0. The zero-order chi connectivity index (χ0) is 18.0. The van der Waals surface area contributed by atoms with Gasteiger partial charge in [0.05, 0.1) is 12.1 Å². The van der Waals surface area contributed by atoms with Crippen molar-refractivity contribution in [3.05, 3.63) is 58.6 Å². The molecule has 26 heavy (non-hydrogen) atoms. The average Bonchev–Trinajstić information content (AvgIpc) is 2.60. The van der Waals surface area contributed by atoms with E-state index in [0.29, 0.717) is 36.5 Å². The van der Waals surface area contributed by atoms with Gasteiger partial charge in [0.25, 0.3) is 0 Å². The quantitative estimate of drug-likeness (QED) is 0.544. The fourth-order valence-electron chi connectivity index (χ4n) is 3.12. The Balaban J connectivity index is 0.00000243. The van der Waals surface area contributed by atoms with Crippen LogP contribution in [0.3, 0.4) is 0 Å². The lowest BCUT2D eigenvalue weighted by atomic mass is 9.84. The summed E-state index contributed by atoms with van der Waals surface area (Å²) >= 11 is 5.89. The highest BCUT2D eigenvalue weighted by Crippen LogP contribution is 2.33. The summed E-state index contributed by atoms with van der Waals surface area (Å²) in [5.41, 5.74) is 0.293. The van der Waals surface area contributed by atoms with E-state index in [9.17, 15) is 20.1 Å². The van der Waals surface area contributed by atoms with E-state index in [0.717, 1.165) is 5.56 Å². The molecule has 2 aromatic carbocycles. The number of aromatic hydroxyl groups is 2. The van der Waals surface area contributed by atoms with Gasteiger partial charge in [0.2, 0.25) is 0 Å². The number of Topliss-reactive ketones (excluding diaryl/α,β-unsaturated/α-hetero) is 1. The number of benzene rings is 2. The predicted octanol–water partition coefficient (Wildman–Crippen LogP) is 3.34. The van der Waals surface area contributed by atoms with E-state index < -0.39 is 5.60 Å². The molecule has 0 atom stereocenters. The largest absolute Gasteiger partial charge is 0.504 e. The smallest absolute Gasteiger partial charge is 0.176 e. The van der Waals surface area contributed by atoms with Crippen LogP contribution in [0, 0.1) is 0 Å². The van der Waals surface area contributed by atoms with Gasteiger partial charge in [-0.2, -0.15) is 0 Å². The SMILES string of the molecule is Cl.O=C(CN1CCC(O)(c2ccc(Cl)cc2)CC1)c1ccc(O)c(O)c1. The average molecular weight is 398 g/mol. The molecule has 1 saturated heterocycles. The first-order valence-corrected chi connectivity index (χ1v) is 8.51. The molecule has 0 aromatic heterocycles. The Morgan fingerprint density at radius 2 is 1.65 bits per heavy atom. The number of piperidine rings is 1.